The maximum atomic E-state index is 11.8. The topological polar surface area (TPSA) is 71.8 Å². The van der Waals surface area contributed by atoms with E-state index in [1.54, 1.807) is 11.0 Å². The molecule has 1 heterocycles. The fourth-order valence-electron chi connectivity index (χ4n) is 1.84. The van der Waals surface area contributed by atoms with Crippen LogP contribution in [0.25, 0.3) is 0 Å². The molecule has 0 fully saturated rings. The number of furan rings is 1. The van der Waals surface area contributed by atoms with Crippen molar-refractivity contribution in [2.75, 3.05) is 26.7 Å². The van der Waals surface area contributed by atoms with Crippen molar-refractivity contribution in [1.82, 2.24) is 10.2 Å². The summed E-state index contributed by atoms with van der Waals surface area (Å²) in [7, 11) is 1.33. The van der Waals surface area contributed by atoms with Crippen LogP contribution < -0.4 is 5.32 Å². The van der Waals surface area contributed by atoms with Crippen molar-refractivity contribution >= 4 is 11.9 Å². The van der Waals surface area contributed by atoms with Crippen LogP contribution in [-0.4, -0.2) is 43.5 Å². The predicted octanol–water partition coefficient (Wildman–Crippen LogP) is 1.41. The van der Waals surface area contributed by atoms with Gasteiger partial charge in [-0.1, -0.05) is 0 Å². The van der Waals surface area contributed by atoms with Gasteiger partial charge in [0.15, 0.2) is 0 Å². The smallest absolute Gasteiger partial charge is 0.341 e. The third-order valence-electron chi connectivity index (χ3n) is 3.01. The second-order valence-corrected chi connectivity index (χ2v) is 4.29. The summed E-state index contributed by atoms with van der Waals surface area (Å²) in [6.07, 6.45) is 1.82. The minimum atomic E-state index is -0.420. The highest BCUT2D eigenvalue weighted by molar-refractivity contribution is 5.88. The molecule has 0 aliphatic heterocycles. The van der Waals surface area contributed by atoms with Crippen LogP contribution in [0.1, 0.15) is 36.4 Å². The molecule has 112 valence electrons. The number of amides is 1. The van der Waals surface area contributed by atoms with Crippen LogP contribution in [0.15, 0.2) is 16.7 Å². The number of methoxy groups -OCH3 is 1. The molecule has 0 spiro atoms. The molecule has 20 heavy (non-hydrogen) atoms. The Morgan fingerprint density at radius 1 is 1.35 bits per heavy atom. The first-order valence-corrected chi connectivity index (χ1v) is 6.76. The second kappa shape index (κ2) is 8.37. The average Bonchev–Trinajstić information content (AvgIpc) is 2.93. The highest BCUT2D eigenvalue weighted by Crippen LogP contribution is 2.08. The Hall–Kier alpha value is -1.82. The van der Waals surface area contributed by atoms with Gasteiger partial charge in [-0.2, -0.15) is 0 Å². The molecule has 0 radical (unpaired) electrons. The van der Waals surface area contributed by atoms with Crippen LogP contribution in [0, 0.1) is 0 Å². The Bertz CT molecular complexity index is 438. The molecule has 0 saturated heterocycles. The third kappa shape index (κ3) is 4.70. The number of carbonyl (C=O) groups is 2. The zero-order valence-corrected chi connectivity index (χ0v) is 12.3. The van der Waals surface area contributed by atoms with Crippen LogP contribution in [0.5, 0.6) is 0 Å². The molecule has 1 aromatic heterocycles. The van der Waals surface area contributed by atoms with E-state index in [0.717, 1.165) is 13.1 Å². The number of hydrogen-bond donors (Lipinski definition) is 1. The lowest BCUT2D eigenvalue weighted by Gasteiger charge is -2.18. The number of rotatable bonds is 8. The number of nitrogens with zero attached hydrogens (tertiary/aromatic N) is 1. The van der Waals surface area contributed by atoms with Gasteiger partial charge in [0.05, 0.1) is 19.2 Å². The van der Waals surface area contributed by atoms with E-state index in [9.17, 15) is 9.59 Å². The van der Waals surface area contributed by atoms with E-state index in [2.05, 4.69) is 10.1 Å². The van der Waals surface area contributed by atoms with Gasteiger partial charge in [0.2, 0.25) is 5.91 Å². The van der Waals surface area contributed by atoms with Crippen molar-refractivity contribution < 1.29 is 18.7 Å². The minimum absolute atomic E-state index is 0.136. The lowest BCUT2D eigenvalue weighted by Crippen LogP contribution is -2.32. The van der Waals surface area contributed by atoms with E-state index in [4.69, 9.17) is 4.42 Å². The van der Waals surface area contributed by atoms with Crippen LogP contribution in [0.2, 0.25) is 0 Å². The molecule has 0 aromatic carbocycles. The Morgan fingerprint density at radius 3 is 2.65 bits per heavy atom. The summed E-state index contributed by atoms with van der Waals surface area (Å²) in [4.78, 5) is 24.8. The standard InChI is InChI=1S/C14H22N2O4/c1-4-16(5-2)13(17)6-7-15-9-12-8-11(10-20-12)14(18)19-3/h8,10,15H,4-7,9H2,1-3H3. The maximum Gasteiger partial charge on any atom is 0.341 e. The largest absolute Gasteiger partial charge is 0.467 e. The molecule has 0 bridgehead atoms. The van der Waals surface area contributed by atoms with E-state index >= 15 is 0 Å². The molecular weight excluding hydrogens is 260 g/mol. The minimum Gasteiger partial charge on any atom is -0.467 e. The van der Waals surface area contributed by atoms with Gasteiger partial charge < -0.3 is 19.4 Å². The number of hydrogen-bond acceptors (Lipinski definition) is 5. The van der Waals surface area contributed by atoms with E-state index in [-0.39, 0.29) is 5.91 Å². The first kappa shape index (κ1) is 16.2. The average molecular weight is 282 g/mol. The summed E-state index contributed by atoms with van der Waals surface area (Å²) in [5, 5.41) is 3.11. The number of nitrogens with one attached hydrogen (secondary N) is 1. The Kier molecular flexibility index (Phi) is 6.79. The SMILES string of the molecule is CCN(CC)C(=O)CCNCc1cc(C(=O)OC)co1. The van der Waals surface area contributed by atoms with Crippen LogP contribution in [0.4, 0.5) is 0 Å². The van der Waals surface area contributed by atoms with Crippen LogP contribution in [-0.2, 0) is 16.1 Å². The molecule has 1 aromatic rings. The van der Waals surface area contributed by atoms with Gasteiger partial charge in [0.25, 0.3) is 0 Å². The van der Waals surface area contributed by atoms with Gasteiger partial charge in [-0.05, 0) is 19.9 Å². The summed E-state index contributed by atoms with van der Waals surface area (Å²) in [6, 6.07) is 1.63. The van der Waals surface area contributed by atoms with E-state index in [0.29, 0.717) is 30.8 Å². The Morgan fingerprint density at radius 2 is 2.05 bits per heavy atom. The van der Waals surface area contributed by atoms with Gasteiger partial charge in [-0.15, -0.1) is 0 Å². The third-order valence-corrected chi connectivity index (χ3v) is 3.01. The van der Waals surface area contributed by atoms with Crippen molar-refractivity contribution in [2.45, 2.75) is 26.8 Å². The summed E-state index contributed by atoms with van der Waals surface area (Å²) in [5.74, 6) is 0.356. The van der Waals surface area contributed by atoms with Gasteiger partial charge in [-0.25, -0.2) is 4.79 Å². The van der Waals surface area contributed by atoms with E-state index in [1.807, 2.05) is 13.8 Å². The maximum absolute atomic E-state index is 11.8. The number of esters is 1. The molecule has 6 heteroatoms. The summed E-state index contributed by atoms with van der Waals surface area (Å²) in [5.41, 5.74) is 0.392. The molecule has 1 N–H and O–H groups in total. The molecular formula is C14H22N2O4. The number of ether oxygens (including phenoxy) is 1. The second-order valence-electron chi connectivity index (χ2n) is 4.29. The highest BCUT2D eigenvalue weighted by atomic mass is 16.5. The summed E-state index contributed by atoms with van der Waals surface area (Å²) >= 11 is 0. The van der Waals surface area contributed by atoms with Gasteiger partial charge in [0.1, 0.15) is 12.0 Å². The van der Waals surface area contributed by atoms with Gasteiger partial charge in [-0.3, -0.25) is 4.79 Å². The first-order chi connectivity index (χ1) is 9.62. The van der Waals surface area contributed by atoms with Crippen LogP contribution in [0.3, 0.4) is 0 Å². The highest BCUT2D eigenvalue weighted by Gasteiger charge is 2.11. The number of carbonyl (C=O) groups excluding carboxylic acids is 2. The fourth-order valence-corrected chi connectivity index (χ4v) is 1.84. The molecule has 1 amide bonds. The molecule has 0 saturated carbocycles. The lowest BCUT2D eigenvalue weighted by atomic mass is 10.3. The first-order valence-electron chi connectivity index (χ1n) is 6.76. The van der Waals surface area contributed by atoms with Crippen molar-refractivity contribution in [3.05, 3.63) is 23.7 Å². The molecule has 0 aliphatic rings. The fraction of sp³-hybridized carbons (Fsp3) is 0.571. The Labute approximate surface area is 119 Å². The van der Waals surface area contributed by atoms with Crippen molar-refractivity contribution in [2.24, 2.45) is 0 Å². The normalized spacial score (nSPS) is 10.3. The van der Waals surface area contributed by atoms with E-state index < -0.39 is 5.97 Å². The van der Waals surface area contributed by atoms with Crippen molar-refractivity contribution in [1.29, 1.82) is 0 Å². The molecule has 6 nitrogen and oxygen atoms in total. The summed E-state index contributed by atoms with van der Waals surface area (Å²) in [6.45, 7) is 6.44. The molecule has 0 aliphatic carbocycles. The molecule has 1 rings (SSSR count). The molecule has 0 unspecified atom stereocenters. The zero-order valence-electron chi connectivity index (χ0n) is 12.3. The van der Waals surface area contributed by atoms with Gasteiger partial charge >= 0.3 is 5.97 Å². The lowest BCUT2D eigenvalue weighted by molar-refractivity contribution is -0.130. The van der Waals surface area contributed by atoms with Crippen molar-refractivity contribution in [3.8, 4) is 0 Å². The molecule has 0 atom stereocenters. The quantitative estimate of drug-likeness (QED) is 0.576. The Balaban J connectivity index is 2.29. The van der Waals surface area contributed by atoms with E-state index in [1.165, 1.54) is 13.4 Å². The zero-order chi connectivity index (χ0) is 15.0. The van der Waals surface area contributed by atoms with Crippen molar-refractivity contribution in [3.63, 3.8) is 0 Å². The van der Waals surface area contributed by atoms with Crippen LogP contribution >= 0.6 is 0 Å². The predicted molar refractivity (Wildman–Crippen MR) is 74.3 cm³/mol. The van der Waals surface area contributed by atoms with Gasteiger partial charge in [0, 0.05) is 26.1 Å². The monoisotopic (exact) mass is 282 g/mol. The summed E-state index contributed by atoms with van der Waals surface area (Å²) < 4.78 is 9.81.